The first-order chi connectivity index (χ1) is 14.1. The maximum absolute atomic E-state index is 13.3. The number of ether oxygens (including phenoxy) is 1. The summed E-state index contributed by atoms with van der Waals surface area (Å²) in [6.45, 7) is 1.97. The molecule has 1 atom stereocenters. The van der Waals surface area contributed by atoms with Gasteiger partial charge >= 0.3 is 5.97 Å². The molecule has 1 aromatic carbocycles. The minimum absolute atomic E-state index is 0.0941. The molecule has 2 aromatic rings. The number of nitrogens with one attached hydrogen (secondary N) is 1. The van der Waals surface area contributed by atoms with E-state index in [2.05, 4.69) is 5.32 Å². The molecule has 0 unspecified atom stereocenters. The predicted octanol–water partition coefficient (Wildman–Crippen LogP) is 2.79. The lowest BCUT2D eigenvalue weighted by atomic mass is 10.2. The van der Waals surface area contributed by atoms with Crippen molar-refractivity contribution in [3.63, 3.8) is 0 Å². The van der Waals surface area contributed by atoms with Crippen LogP contribution in [0.1, 0.15) is 30.3 Å². The number of rotatable bonds is 6. The van der Waals surface area contributed by atoms with Crippen molar-refractivity contribution in [1.29, 1.82) is 0 Å². The number of hydrogen-bond acceptors (Lipinski definition) is 5. The number of amides is 1. The normalized spacial score (nSPS) is 17.1. The van der Waals surface area contributed by atoms with E-state index in [9.17, 15) is 22.4 Å². The highest BCUT2D eigenvalue weighted by Crippen LogP contribution is 2.28. The Bertz CT molecular complexity index is 1090. The topological polar surface area (TPSA) is 97.7 Å². The van der Waals surface area contributed by atoms with Crippen LogP contribution in [0.15, 0.2) is 35.4 Å². The molecule has 0 spiro atoms. The van der Waals surface area contributed by atoms with Crippen molar-refractivity contribution in [2.24, 2.45) is 7.05 Å². The molecule has 162 valence electrons. The maximum atomic E-state index is 13.3. The Morgan fingerprint density at radius 3 is 2.73 bits per heavy atom. The summed E-state index contributed by atoms with van der Waals surface area (Å²) in [5.41, 5.74) is 0.358. The molecule has 11 heteroatoms. The number of sulfonamides is 1. The standard InChI is InChI=1S/C19H21ClFN3O5S/c1-3-29-19(26)17-10-13(11-23(17)2)30(27,28)24-8-4-5-16(24)18(25)22-12-6-7-15(21)14(20)9-12/h6-7,9-11,16H,3-5,8H2,1-2H3,(H,22,25)/t16-/m0/s1. The van der Waals surface area contributed by atoms with E-state index in [0.29, 0.717) is 12.8 Å². The lowest BCUT2D eigenvalue weighted by Gasteiger charge is -2.23. The van der Waals surface area contributed by atoms with Crippen LogP contribution >= 0.6 is 11.6 Å². The SMILES string of the molecule is CCOC(=O)c1cc(S(=O)(=O)N2CCC[C@H]2C(=O)Nc2ccc(F)c(Cl)c2)cn1C. The first-order valence-corrected chi connectivity index (χ1v) is 11.1. The Kier molecular flexibility index (Phi) is 6.49. The van der Waals surface area contributed by atoms with Gasteiger partial charge in [-0.05, 0) is 44.0 Å². The third kappa shape index (κ3) is 4.35. The number of aromatic nitrogens is 1. The highest BCUT2D eigenvalue weighted by molar-refractivity contribution is 7.89. The van der Waals surface area contributed by atoms with E-state index in [0.717, 1.165) is 10.4 Å². The van der Waals surface area contributed by atoms with Crippen molar-refractivity contribution in [2.75, 3.05) is 18.5 Å². The summed E-state index contributed by atoms with van der Waals surface area (Å²) in [5.74, 6) is -1.80. The van der Waals surface area contributed by atoms with Gasteiger partial charge in [-0.3, -0.25) is 4.79 Å². The molecule has 1 saturated heterocycles. The van der Waals surface area contributed by atoms with Gasteiger partial charge in [0.25, 0.3) is 0 Å². The van der Waals surface area contributed by atoms with Gasteiger partial charge in [0.2, 0.25) is 15.9 Å². The lowest BCUT2D eigenvalue weighted by molar-refractivity contribution is -0.119. The van der Waals surface area contributed by atoms with Gasteiger partial charge in [-0.15, -0.1) is 0 Å². The van der Waals surface area contributed by atoms with E-state index < -0.39 is 33.8 Å². The fraction of sp³-hybridized carbons (Fsp3) is 0.368. The third-order valence-electron chi connectivity index (χ3n) is 4.76. The van der Waals surface area contributed by atoms with Crippen molar-refractivity contribution >= 4 is 39.2 Å². The second-order valence-electron chi connectivity index (χ2n) is 6.78. The summed E-state index contributed by atoms with van der Waals surface area (Å²) in [5, 5.41) is 2.43. The molecule has 1 amide bonds. The molecule has 1 aliphatic rings. The van der Waals surface area contributed by atoms with E-state index in [-0.39, 0.29) is 34.5 Å². The Morgan fingerprint density at radius 2 is 2.07 bits per heavy atom. The number of aryl methyl sites for hydroxylation is 1. The molecule has 3 rings (SSSR count). The van der Waals surface area contributed by atoms with Gasteiger partial charge in [-0.25, -0.2) is 17.6 Å². The van der Waals surface area contributed by atoms with Crippen LogP contribution in [-0.2, 0) is 26.6 Å². The van der Waals surface area contributed by atoms with Crippen LogP contribution in [-0.4, -0.2) is 48.4 Å². The molecule has 1 fully saturated rings. The Balaban J connectivity index is 1.83. The van der Waals surface area contributed by atoms with E-state index >= 15 is 0 Å². The summed E-state index contributed by atoms with van der Waals surface area (Å²) in [6.07, 6.45) is 2.14. The van der Waals surface area contributed by atoms with E-state index in [1.165, 1.54) is 36.0 Å². The van der Waals surface area contributed by atoms with Gasteiger partial charge in [0.05, 0.1) is 11.6 Å². The molecule has 1 aliphatic heterocycles. The predicted molar refractivity (Wildman–Crippen MR) is 108 cm³/mol. The van der Waals surface area contributed by atoms with Crippen molar-refractivity contribution in [1.82, 2.24) is 8.87 Å². The van der Waals surface area contributed by atoms with Gasteiger partial charge in [0, 0.05) is 25.5 Å². The monoisotopic (exact) mass is 457 g/mol. The minimum Gasteiger partial charge on any atom is -0.461 e. The molecule has 0 saturated carbocycles. The number of esters is 1. The number of carbonyl (C=O) groups excluding carboxylic acids is 2. The van der Waals surface area contributed by atoms with Crippen LogP contribution in [0.3, 0.4) is 0 Å². The number of halogens is 2. The largest absolute Gasteiger partial charge is 0.461 e. The number of benzene rings is 1. The Hall–Kier alpha value is -2.43. The lowest BCUT2D eigenvalue weighted by Crippen LogP contribution is -2.43. The quantitative estimate of drug-likeness (QED) is 0.672. The molecule has 2 heterocycles. The van der Waals surface area contributed by atoms with Crippen LogP contribution in [0.5, 0.6) is 0 Å². The second-order valence-corrected chi connectivity index (χ2v) is 9.08. The van der Waals surface area contributed by atoms with Crippen LogP contribution in [0.4, 0.5) is 10.1 Å². The molecular weight excluding hydrogens is 437 g/mol. The zero-order chi connectivity index (χ0) is 22.1. The van der Waals surface area contributed by atoms with Crippen LogP contribution < -0.4 is 5.32 Å². The third-order valence-corrected chi connectivity index (χ3v) is 6.93. The van der Waals surface area contributed by atoms with Crippen LogP contribution in [0.25, 0.3) is 0 Å². The average Bonchev–Trinajstić information content (AvgIpc) is 3.32. The fourth-order valence-electron chi connectivity index (χ4n) is 3.31. The number of carbonyl (C=O) groups is 2. The molecule has 0 radical (unpaired) electrons. The highest BCUT2D eigenvalue weighted by Gasteiger charge is 2.40. The number of hydrogen-bond donors (Lipinski definition) is 1. The Morgan fingerprint density at radius 1 is 1.33 bits per heavy atom. The molecule has 0 aliphatic carbocycles. The summed E-state index contributed by atoms with van der Waals surface area (Å²) in [7, 11) is -2.49. The second kappa shape index (κ2) is 8.75. The molecule has 1 N–H and O–H groups in total. The van der Waals surface area contributed by atoms with Crippen LogP contribution in [0.2, 0.25) is 5.02 Å². The molecule has 8 nitrogen and oxygen atoms in total. The van der Waals surface area contributed by atoms with Crippen molar-refractivity contribution < 1.29 is 27.1 Å². The zero-order valence-electron chi connectivity index (χ0n) is 16.4. The number of nitrogens with zero attached hydrogens (tertiary/aromatic N) is 2. The first kappa shape index (κ1) is 22.3. The highest BCUT2D eigenvalue weighted by atomic mass is 35.5. The average molecular weight is 458 g/mol. The first-order valence-electron chi connectivity index (χ1n) is 9.26. The maximum Gasteiger partial charge on any atom is 0.354 e. The van der Waals surface area contributed by atoms with Crippen molar-refractivity contribution in [3.8, 4) is 0 Å². The molecule has 30 heavy (non-hydrogen) atoms. The van der Waals surface area contributed by atoms with E-state index in [1.807, 2.05) is 0 Å². The van der Waals surface area contributed by atoms with Gasteiger partial charge in [0.15, 0.2) is 0 Å². The summed E-state index contributed by atoms with van der Waals surface area (Å²) in [6, 6.07) is 4.01. The minimum atomic E-state index is -4.03. The number of anilines is 1. The van der Waals surface area contributed by atoms with Gasteiger partial charge in [-0.1, -0.05) is 11.6 Å². The molecular formula is C19H21ClFN3O5S. The van der Waals surface area contributed by atoms with Crippen molar-refractivity contribution in [3.05, 3.63) is 47.0 Å². The van der Waals surface area contributed by atoms with Crippen LogP contribution in [0, 0.1) is 5.82 Å². The van der Waals surface area contributed by atoms with Gasteiger partial charge in [-0.2, -0.15) is 4.31 Å². The molecule has 1 aromatic heterocycles. The van der Waals surface area contributed by atoms with E-state index in [4.69, 9.17) is 16.3 Å². The van der Waals surface area contributed by atoms with E-state index in [1.54, 1.807) is 6.92 Å². The smallest absolute Gasteiger partial charge is 0.354 e. The van der Waals surface area contributed by atoms with Crippen molar-refractivity contribution in [2.45, 2.75) is 30.7 Å². The Labute approximate surface area is 178 Å². The summed E-state index contributed by atoms with van der Waals surface area (Å²) >= 11 is 5.73. The fourth-order valence-corrected chi connectivity index (χ4v) is 5.22. The van der Waals surface area contributed by atoms with Gasteiger partial charge in [0.1, 0.15) is 22.4 Å². The zero-order valence-corrected chi connectivity index (χ0v) is 18.0. The summed E-state index contributed by atoms with van der Waals surface area (Å²) in [4.78, 5) is 24.6. The van der Waals surface area contributed by atoms with Gasteiger partial charge < -0.3 is 14.6 Å². The molecule has 0 bridgehead atoms. The summed E-state index contributed by atoms with van der Waals surface area (Å²) < 4.78 is 47.0.